The summed E-state index contributed by atoms with van der Waals surface area (Å²) in [5.41, 5.74) is 1.99. The molecular formula is C16H21NO3. The van der Waals surface area contributed by atoms with E-state index in [1.54, 1.807) is 4.90 Å². The van der Waals surface area contributed by atoms with Gasteiger partial charge in [0.05, 0.1) is 7.11 Å². The number of amides is 1. The smallest absolute Gasteiger partial charge is 0.328 e. The van der Waals surface area contributed by atoms with Gasteiger partial charge in [-0.05, 0) is 36.5 Å². The first-order valence-corrected chi connectivity index (χ1v) is 7.04. The first-order valence-electron chi connectivity index (χ1n) is 7.04. The monoisotopic (exact) mass is 275 g/mol. The van der Waals surface area contributed by atoms with Crippen molar-refractivity contribution in [2.75, 3.05) is 12.0 Å². The van der Waals surface area contributed by atoms with Crippen molar-refractivity contribution < 1.29 is 14.3 Å². The van der Waals surface area contributed by atoms with Crippen LogP contribution in [-0.4, -0.2) is 25.0 Å². The van der Waals surface area contributed by atoms with Crippen LogP contribution in [-0.2, 0) is 14.3 Å². The highest BCUT2D eigenvalue weighted by Gasteiger charge is 2.34. The molecule has 1 atom stereocenters. The minimum Gasteiger partial charge on any atom is -0.467 e. The molecule has 1 aromatic carbocycles. The fourth-order valence-corrected chi connectivity index (χ4v) is 2.57. The molecule has 1 fully saturated rings. The second-order valence-electron chi connectivity index (χ2n) is 5.44. The van der Waals surface area contributed by atoms with Gasteiger partial charge in [-0.3, -0.25) is 9.69 Å². The highest BCUT2D eigenvalue weighted by atomic mass is 16.5. The van der Waals surface area contributed by atoms with Gasteiger partial charge in [-0.15, -0.1) is 0 Å². The summed E-state index contributed by atoms with van der Waals surface area (Å²) in [6, 6.07) is 7.35. The van der Waals surface area contributed by atoms with Crippen LogP contribution in [0.3, 0.4) is 0 Å². The van der Waals surface area contributed by atoms with Gasteiger partial charge in [-0.1, -0.05) is 26.0 Å². The lowest BCUT2D eigenvalue weighted by Gasteiger charge is -2.33. The van der Waals surface area contributed by atoms with E-state index in [0.29, 0.717) is 18.8 Å². The third kappa shape index (κ3) is 2.84. The molecule has 4 nitrogen and oxygen atoms in total. The Morgan fingerprint density at radius 3 is 2.50 bits per heavy atom. The van der Waals surface area contributed by atoms with Crippen molar-refractivity contribution in [2.45, 2.75) is 45.1 Å². The van der Waals surface area contributed by atoms with Gasteiger partial charge >= 0.3 is 5.97 Å². The highest BCUT2D eigenvalue weighted by Crippen LogP contribution is 2.28. The van der Waals surface area contributed by atoms with E-state index in [-0.39, 0.29) is 11.9 Å². The second-order valence-corrected chi connectivity index (χ2v) is 5.44. The molecule has 20 heavy (non-hydrogen) atoms. The molecule has 1 amide bonds. The van der Waals surface area contributed by atoms with Crippen LogP contribution in [0, 0.1) is 0 Å². The molecule has 2 rings (SSSR count). The molecule has 1 unspecified atom stereocenters. The molecule has 1 aliphatic rings. The summed E-state index contributed by atoms with van der Waals surface area (Å²) in [7, 11) is 1.36. The third-order valence-corrected chi connectivity index (χ3v) is 3.76. The Kier molecular flexibility index (Phi) is 4.42. The van der Waals surface area contributed by atoms with Crippen molar-refractivity contribution in [3.63, 3.8) is 0 Å². The van der Waals surface area contributed by atoms with E-state index in [4.69, 9.17) is 4.74 Å². The summed E-state index contributed by atoms with van der Waals surface area (Å²) in [6.45, 7) is 4.25. The number of carbonyl (C=O) groups excluding carboxylic acids is 2. The minimum absolute atomic E-state index is 0.0102. The first kappa shape index (κ1) is 14.6. The van der Waals surface area contributed by atoms with Crippen LogP contribution in [0.15, 0.2) is 24.3 Å². The molecule has 1 aromatic rings. The number of ether oxygens (including phenoxy) is 1. The Bertz CT molecular complexity index is 493. The van der Waals surface area contributed by atoms with Gasteiger partial charge in [0.2, 0.25) is 5.91 Å². The van der Waals surface area contributed by atoms with Gasteiger partial charge in [0, 0.05) is 12.1 Å². The fraction of sp³-hybridized carbons (Fsp3) is 0.500. The maximum atomic E-state index is 12.2. The summed E-state index contributed by atoms with van der Waals surface area (Å²) < 4.78 is 4.82. The SMILES string of the molecule is COC(=O)C1CCCC(=O)N1c1ccc(C(C)C)cc1. The number of nitrogens with zero attached hydrogens (tertiary/aromatic N) is 1. The van der Waals surface area contributed by atoms with Gasteiger partial charge in [0.25, 0.3) is 0 Å². The summed E-state index contributed by atoms with van der Waals surface area (Å²) in [4.78, 5) is 25.6. The number of methoxy groups -OCH3 is 1. The van der Waals surface area contributed by atoms with Crippen LogP contribution in [0.1, 0.15) is 44.6 Å². The third-order valence-electron chi connectivity index (χ3n) is 3.76. The Hall–Kier alpha value is -1.84. The molecular weight excluding hydrogens is 254 g/mol. The summed E-state index contributed by atoms with van der Waals surface area (Å²) in [5, 5.41) is 0. The molecule has 1 aliphatic heterocycles. The first-order chi connectivity index (χ1) is 9.54. The number of hydrogen-bond donors (Lipinski definition) is 0. The Balaban J connectivity index is 2.30. The molecule has 4 heteroatoms. The summed E-state index contributed by atoms with van der Waals surface area (Å²) >= 11 is 0. The Morgan fingerprint density at radius 1 is 1.30 bits per heavy atom. The van der Waals surface area contributed by atoms with Crippen LogP contribution >= 0.6 is 0 Å². The number of esters is 1. The molecule has 0 aromatic heterocycles. The van der Waals surface area contributed by atoms with E-state index in [9.17, 15) is 9.59 Å². The lowest BCUT2D eigenvalue weighted by atomic mass is 9.99. The van der Waals surface area contributed by atoms with Crippen molar-refractivity contribution in [1.82, 2.24) is 0 Å². The molecule has 0 N–H and O–H groups in total. The van der Waals surface area contributed by atoms with Crippen LogP contribution in [0.5, 0.6) is 0 Å². The van der Waals surface area contributed by atoms with Crippen molar-refractivity contribution in [1.29, 1.82) is 0 Å². The van der Waals surface area contributed by atoms with E-state index >= 15 is 0 Å². The number of carbonyl (C=O) groups is 2. The number of hydrogen-bond acceptors (Lipinski definition) is 3. The maximum Gasteiger partial charge on any atom is 0.328 e. The van der Waals surface area contributed by atoms with E-state index < -0.39 is 6.04 Å². The molecule has 0 saturated carbocycles. The summed E-state index contributed by atoms with van der Waals surface area (Å²) in [6.07, 6.45) is 1.88. The predicted molar refractivity (Wildman–Crippen MR) is 77.7 cm³/mol. The molecule has 0 aliphatic carbocycles. The maximum absolute atomic E-state index is 12.2. The van der Waals surface area contributed by atoms with Crippen molar-refractivity contribution in [2.24, 2.45) is 0 Å². The van der Waals surface area contributed by atoms with Gasteiger partial charge < -0.3 is 4.74 Å². The topological polar surface area (TPSA) is 46.6 Å². The molecule has 0 radical (unpaired) electrons. The number of benzene rings is 1. The standard InChI is InChI=1S/C16H21NO3/c1-11(2)12-7-9-13(10-8-12)17-14(16(19)20-3)5-4-6-15(17)18/h7-11,14H,4-6H2,1-3H3. The zero-order chi connectivity index (χ0) is 14.7. The number of anilines is 1. The largest absolute Gasteiger partial charge is 0.467 e. The van der Waals surface area contributed by atoms with Crippen LogP contribution in [0.2, 0.25) is 0 Å². The zero-order valence-electron chi connectivity index (χ0n) is 12.3. The second kappa shape index (κ2) is 6.07. The van der Waals surface area contributed by atoms with Crippen LogP contribution in [0.4, 0.5) is 5.69 Å². The molecule has 0 spiro atoms. The van der Waals surface area contributed by atoms with Gasteiger partial charge in [-0.2, -0.15) is 0 Å². The highest BCUT2D eigenvalue weighted by molar-refractivity contribution is 6.00. The van der Waals surface area contributed by atoms with Gasteiger partial charge in [0.15, 0.2) is 0 Å². The molecule has 0 bridgehead atoms. The predicted octanol–water partition coefficient (Wildman–Crippen LogP) is 2.87. The van der Waals surface area contributed by atoms with E-state index in [1.807, 2.05) is 24.3 Å². The lowest BCUT2D eigenvalue weighted by Crippen LogP contribution is -2.48. The molecule has 108 valence electrons. The van der Waals surface area contributed by atoms with Crippen LogP contribution in [0.25, 0.3) is 0 Å². The average Bonchev–Trinajstić information content (AvgIpc) is 2.46. The van der Waals surface area contributed by atoms with E-state index in [1.165, 1.54) is 12.7 Å². The molecule has 1 heterocycles. The average molecular weight is 275 g/mol. The number of piperidine rings is 1. The zero-order valence-corrected chi connectivity index (χ0v) is 12.3. The quantitative estimate of drug-likeness (QED) is 0.797. The van der Waals surface area contributed by atoms with Crippen LogP contribution < -0.4 is 4.90 Å². The Morgan fingerprint density at radius 2 is 1.95 bits per heavy atom. The fourth-order valence-electron chi connectivity index (χ4n) is 2.57. The van der Waals surface area contributed by atoms with Gasteiger partial charge in [0.1, 0.15) is 6.04 Å². The Labute approximate surface area is 119 Å². The van der Waals surface area contributed by atoms with E-state index in [2.05, 4.69) is 13.8 Å². The summed E-state index contributed by atoms with van der Waals surface area (Å²) in [5.74, 6) is 0.0902. The van der Waals surface area contributed by atoms with Gasteiger partial charge in [-0.25, -0.2) is 4.79 Å². The normalized spacial score (nSPS) is 19.3. The van der Waals surface area contributed by atoms with Crippen molar-refractivity contribution in [3.05, 3.63) is 29.8 Å². The van der Waals surface area contributed by atoms with Crippen molar-refractivity contribution in [3.8, 4) is 0 Å². The minimum atomic E-state index is -0.494. The number of rotatable bonds is 3. The van der Waals surface area contributed by atoms with Crippen molar-refractivity contribution >= 4 is 17.6 Å². The lowest BCUT2D eigenvalue weighted by molar-refractivity contribution is -0.144. The van der Waals surface area contributed by atoms with E-state index in [0.717, 1.165) is 12.1 Å². The molecule has 1 saturated heterocycles.